The SMILES string of the molecule is CCNC(=NCC(=O)N1CCCC1)NCC(C)CN1CCOCC1. The Morgan fingerprint density at radius 3 is 2.54 bits per heavy atom. The predicted molar refractivity (Wildman–Crippen MR) is 96.2 cm³/mol. The third-order valence-corrected chi connectivity index (χ3v) is 4.47. The zero-order chi connectivity index (χ0) is 17.2. The van der Waals surface area contributed by atoms with Crippen molar-refractivity contribution in [2.45, 2.75) is 26.7 Å². The molecule has 2 aliphatic heterocycles. The molecule has 0 aromatic heterocycles. The van der Waals surface area contributed by atoms with Crippen LogP contribution in [0.3, 0.4) is 0 Å². The van der Waals surface area contributed by atoms with Gasteiger partial charge >= 0.3 is 0 Å². The van der Waals surface area contributed by atoms with Gasteiger partial charge in [-0.3, -0.25) is 9.69 Å². The van der Waals surface area contributed by atoms with Gasteiger partial charge in [0.1, 0.15) is 6.54 Å². The summed E-state index contributed by atoms with van der Waals surface area (Å²) in [5.74, 6) is 1.38. The highest BCUT2D eigenvalue weighted by Gasteiger charge is 2.17. The first-order chi connectivity index (χ1) is 11.7. The second-order valence-electron chi connectivity index (χ2n) is 6.68. The standard InChI is InChI=1S/C17H33N5O2/c1-3-18-17(20-13-16(23)22-6-4-5-7-22)19-12-15(2)14-21-8-10-24-11-9-21/h15H,3-14H2,1-2H3,(H2,18,19,20). The number of nitrogens with one attached hydrogen (secondary N) is 2. The Balaban J connectivity index is 1.72. The summed E-state index contributed by atoms with van der Waals surface area (Å²) in [6.45, 7) is 12.7. The molecule has 7 nitrogen and oxygen atoms in total. The first-order valence-corrected chi connectivity index (χ1v) is 9.29. The number of hydrogen-bond acceptors (Lipinski definition) is 4. The minimum absolute atomic E-state index is 0.131. The van der Waals surface area contributed by atoms with Crippen LogP contribution in [0.5, 0.6) is 0 Å². The molecule has 24 heavy (non-hydrogen) atoms. The molecule has 0 aliphatic carbocycles. The third kappa shape index (κ3) is 6.65. The molecule has 138 valence electrons. The zero-order valence-electron chi connectivity index (χ0n) is 15.2. The van der Waals surface area contributed by atoms with Gasteiger partial charge in [0.05, 0.1) is 13.2 Å². The average Bonchev–Trinajstić information content (AvgIpc) is 3.12. The van der Waals surface area contributed by atoms with Crippen molar-refractivity contribution in [2.24, 2.45) is 10.9 Å². The number of amides is 1. The molecule has 7 heteroatoms. The largest absolute Gasteiger partial charge is 0.379 e. The smallest absolute Gasteiger partial charge is 0.244 e. The summed E-state index contributed by atoms with van der Waals surface area (Å²) in [4.78, 5) is 20.9. The highest BCUT2D eigenvalue weighted by Crippen LogP contribution is 2.07. The summed E-state index contributed by atoms with van der Waals surface area (Å²) in [5, 5.41) is 6.59. The Labute approximate surface area is 145 Å². The summed E-state index contributed by atoms with van der Waals surface area (Å²) >= 11 is 0. The van der Waals surface area contributed by atoms with Crippen LogP contribution in [-0.4, -0.2) is 87.2 Å². The van der Waals surface area contributed by atoms with Crippen molar-refractivity contribution in [3.05, 3.63) is 0 Å². The van der Waals surface area contributed by atoms with Crippen LogP contribution in [-0.2, 0) is 9.53 Å². The normalized spacial score (nSPS) is 20.9. The fraction of sp³-hybridized carbons (Fsp3) is 0.882. The number of likely N-dealkylation sites (tertiary alicyclic amines) is 1. The average molecular weight is 339 g/mol. The number of nitrogens with zero attached hydrogens (tertiary/aromatic N) is 3. The van der Waals surface area contributed by atoms with E-state index in [-0.39, 0.29) is 12.5 Å². The first-order valence-electron chi connectivity index (χ1n) is 9.29. The van der Waals surface area contributed by atoms with Crippen LogP contribution in [0.2, 0.25) is 0 Å². The van der Waals surface area contributed by atoms with E-state index in [0.29, 0.717) is 5.92 Å². The first kappa shape index (κ1) is 19.0. The van der Waals surface area contributed by atoms with Crippen molar-refractivity contribution in [1.82, 2.24) is 20.4 Å². The summed E-state index contributed by atoms with van der Waals surface area (Å²) in [7, 11) is 0. The number of morpholine rings is 1. The van der Waals surface area contributed by atoms with E-state index in [1.165, 1.54) is 0 Å². The number of hydrogen-bond donors (Lipinski definition) is 2. The lowest BCUT2D eigenvalue weighted by Gasteiger charge is -2.29. The number of aliphatic imine (C=N–C) groups is 1. The molecule has 0 saturated carbocycles. The van der Waals surface area contributed by atoms with Gasteiger partial charge in [-0.1, -0.05) is 6.92 Å². The van der Waals surface area contributed by atoms with Gasteiger partial charge in [-0.15, -0.1) is 0 Å². The lowest BCUT2D eigenvalue weighted by Crippen LogP contribution is -2.44. The molecule has 2 rings (SSSR count). The van der Waals surface area contributed by atoms with Crippen molar-refractivity contribution in [3.8, 4) is 0 Å². The van der Waals surface area contributed by atoms with Crippen LogP contribution >= 0.6 is 0 Å². The quantitative estimate of drug-likeness (QED) is 0.510. The summed E-state index contributed by atoms with van der Waals surface area (Å²) in [6, 6.07) is 0. The third-order valence-electron chi connectivity index (χ3n) is 4.47. The topological polar surface area (TPSA) is 69.2 Å². The van der Waals surface area contributed by atoms with Crippen molar-refractivity contribution >= 4 is 11.9 Å². The van der Waals surface area contributed by atoms with Crippen LogP contribution in [0.25, 0.3) is 0 Å². The fourth-order valence-corrected chi connectivity index (χ4v) is 3.11. The minimum atomic E-state index is 0.131. The van der Waals surface area contributed by atoms with E-state index in [1.54, 1.807) is 0 Å². The van der Waals surface area contributed by atoms with Gasteiger partial charge in [-0.05, 0) is 25.7 Å². The molecule has 2 saturated heterocycles. The highest BCUT2D eigenvalue weighted by molar-refractivity contribution is 5.85. The van der Waals surface area contributed by atoms with E-state index in [1.807, 2.05) is 11.8 Å². The molecule has 2 aliphatic rings. The van der Waals surface area contributed by atoms with E-state index in [9.17, 15) is 4.79 Å². The Kier molecular flexibility index (Phi) is 8.32. The number of guanidine groups is 1. The van der Waals surface area contributed by atoms with Crippen LogP contribution in [0.15, 0.2) is 4.99 Å². The van der Waals surface area contributed by atoms with Crippen molar-refractivity contribution in [1.29, 1.82) is 0 Å². The van der Waals surface area contributed by atoms with Crippen LogP contribution < -0.4 is 10.6 Å². The zero-order valence-corrected chi connectivity index (χ0v) is 15.2. The number of ether oxygens (including phenoxy) is 1. The molecule has 0 bridgehead atoms. The lowest BCUT2D eigenvalue weighted by molar-refractivity contribution is -0.128. The summed E-state index contributed by atoms with van der Waals surface area (Å²) < 4.78 is 5.39. The number of rotatable bonds is 7. The molecule has 2 N–H and O–H groups in total. The van der Waals surface area contributed by atoms with E-state index >= 15 is 0 Å². The molecular formula is C17H33N5O2. The molecular weight excluding hydrogens is 306 g/mol. The van der Waals surface area contributed by atoms with Crippen LogP contribution in [0.1, 0.15) is 26.7 Å². The van der Waals surface area contributed by atoms with E-state index in [2.05, 4.69) is 27.4 Å². The molecule has 1 atom stereocenters. The minimum Gasteiger partial charge on any atom is -0.379 e. The Bertz CT molecular complexity index is 404. The van der Waals surface area contributed by atoms with Gasteiger partial charge in [0.15, 0.2) is 5.96 Å². The van der Waals surface area contributed by atoms with Crippen molar-refractivity contribution in [3.63, 3.8) is 0 Å². The maximum absolute atomic E-state index is 12.1. The molecule has 0 spiro atoms. The number of carbonyl (C=O) groups excluding carboxylic acids is 1. The number of carbonyl (C=O) groups is 1. The second-order valence-corrected chi connectivity index (χ2v) is 6.68. The molecule has 2 heterocycles. The highest BCUT2D eigenvalue weighted by atomic mass is 16.5. The molecule has 1 amide bonds. The van der Waals surface area contributed by atoms with Crippen molar-refractivity contribution in [2.75, 3.05) is 65.6 Å². The maximum atomic E-state index is 12.1. The summed E-state index contributed by atoms with van der Waals surface area (Å²) in [6.07, 6.45) is 2.24. The second kappa shape index (κ2) is 10.5. The van der Waals surface area contributed by atoms with E-state index in [4.69, 9.17) is 4.74 Å². The van der Waals surface area contributed by atoms with Gasteiger partial charge < -0.3 is 20.3 Å². The predicted octanol–water partition coefficient (Wildman–Crippen LogP) is 0.132. The van der Waals surface area contributed by atoms with Crippen LogP contribution in [0.4, 0.5) is 0 Å². The Morgan fingerprint density at radius 1 is 1.17 bits per heavy atom. The molecule has 0 aromatic carbocycles. The Hall–Kier alpha value is -1.34. The van der Waals surface area contributed by atoms with Gasteiger partial charge in [-0.2, -0.15) is 0 Å². The Morgan fingerprint density at radius 2 is 1.88 bits per heavy atom. The monoisotopic (exact) mass is 339 g/mol. The van der Waals surface area contributed by atoms with Crippen LogP contribution in [0, 0.1) is 5.92 Å². The molecule has 0 radical (unpaired) electrons. The maximum Gasteiger partial charge on any atom is 0.244 e. The molecule has 2 fully saturated rings. The fourth-order valence-electron chi connectivity index (χ4n) is 3.11. The van der Waals surface area contributed by atoms with E-state index < -0.39 is 0 Å². The van der Waals surface area contributed by atoms with Gasteiger partial charge in [0, 0.05) is 45.8 Å². The van der Waals surface area contributed by atoms with Gasteiger partial charge in [0.2, 0.25) is 5.91 Å². The molecule has 0 aromatic rings. The summed E-state index contributed by atoms with van der Waals surface area (Å²) in [5.41, 5.74) is 0. The van der Waals surface area contributed by atoms with Gasteiger partial charge in [-0.25, -0.2) is 4.99 Å². The van der Waals surface area contributed by atoms with Crippen molar-refractivity contribution < 1.29 is 9.53 Å². The lowest BCUT2D eigenvalue weighted by atomic mass is 10.1. The van der Waals surface area contributed by atoms with Gasteiger partial charge in [0.25, 0.3) is 0 Å². The molecule has 1 unspecified atom stereocenters. The van der Waals surface area contributed by atoms with E-state index in [0.717, 1.165) is 77.8 Å².